The zero-order valence-electron chi connectivity index (χ0n) is 16.9. The van der Waals surface area contributed by atoms with Crippen molar-refractivity contribution in [3.63, 3.8) is 0 Å². The first-order valence-electron chi connectivity index (χ1n) is 9.35. The molecule has 0 atom stereocenters. The van der Waals surface area contributed by atoms with Crippen molar-refractivity contribution < 1.29 is 23.8 Å². The van der Waals surface area contributed by atoms with Crippen LogP contribution in [0.25, 0.3) is 11.0 Å². The minimum atomic E-state index is -0.940. The number of hydrogen-bond acceptors (Lipinski definition) is 5. The number of ether oxygens (including phenoxy) is 2. The summed E-state index contributed by atoms with van der Waals surface area (Å²) in [7, 11) is 0. The first kappa shape index (κ1) is 20.5. The molecular formula is C23H24O6. The van der Waals surface area contributed by atoms with Crippen LogP contribution in [0, 0.1) is 6.92 Å². The Morgan fingerprint density at radius 1 is 1.17 bits per heavy atom. The van der Waals surface area contributed by atoms with Crippen molar-refractivity contribution in [2.24, 2.45) is 0 Å². The zero-order chi connectivity index (χ0) is 21.2. The van der Waals surface area contributed by atoms with Gasteiger partial charge >= 0.3 is 5.97 Å². The maximum Gasteiger partial charge on any atom is 0.306 e. The second-order valence-corrected chi connectivity index (χ2v) is 7.88. The molecule has 0 unspecified atom stereocenters. The van der Waals surface area contributed by atoms with Crippen LogP contribution in [-0.4, -0.2) is 17.7 Å². The Balaban J connectivity index is 1.94. The standard InChI is InChI=1S/C23H24O6/c1-14-6-5-7-17(23(2,3)4)22(14)29-19-13-28-18-12-15(27-11-10-20(24)25)8-9-16(18)21(19)26/h5-9,12-13H,10-11H2,1-4H3,(H,24,25). The normalized spacial score (nSPS) is 11.4. The zero-order valence-corrected chi connectivity index (χ0v) is 16.9. The fraction of sp³-hybridized carbons (Fsp3) is 0.304. The van der Waals surface area contributed by atoms with Gasteiger partial charge in [0.05, 0.1) is 18.4 Å². The average Bonchev–Trinajstić information content (AvgIpc) is 2.64. The number of hydrogen-bond donors (Lipinski definition) is 1. The summed E-state index contributed by atoms with van der Waals surface area (Å²) < 4.78 is 17.0. The molecule has 0 radical (unpaired) electrons. The van der Waals surface area contributed by atoms with Crippen LogP contribution >= 0.6 is 0 Å². The molecule has 1 aromatic heterocycles. The first-order chi connectivity index (χ1) is 13.7. The fourth-order valence-electron chi connectivity index (χ4n) is 3.00. The summed E-state index contributed by atoms with van der Waals surface area (Å²) in [4.78, 5) is 23.5. The molecule has 0 fully saturated rings. The molecule has 1 heterocycles. The van der Waals surface area contributed by atoms with E-state index in [-0.39, 0.29) is 29.6 Å². The van der Waals surface area contributed by atoms with Crippen LogP contribution in [0.15, 0.2) is 51.9 Å². The van der Waals surface area contributed by atoms with Crippen LogP contribution in [-0.2, 0) is 10.2 Å². The minimum absolute atomic E-state index is 0.0368. The lowest BCUT2D eigenvalue weighted by molar-refractivity contribution is -0.137. The van der Waals surface area contributed by atoms with E-state index < -0.39 is 5.97 Å². The van der Waals surface area contributed by atoms with E-state index in [1.165, 1.54) is 6.26 Å². The maximum atomic E-state index is 12.9. The van der Waals surface area contributed by atoms with Crippen LogP contribution in [0.1, 0.15) is 38.3 Å². The van der Waals surface area contributed by atoms with E-state index in [4.69, 9.17) is 19.0 Å². The fourth-order valence-corrected chi connectivity index (χ4v) is 3.00. The molecule has 0 amide bonds. The smallest absolute Gasteiger partial charge is 0.306 e. The number of carboxylic acids is 1. The van der Waals surface area contributed by atoms with E-state index in [0.29, 0.717) is 22.5 Å². The molecule has 1 N–H and O–H groups in total. The minimum Gasteiger partial charge on any atom is -0.493 e. The van der Waals surface area contributed by atoms with Gasteiger partial charge < -0.3 is 19.0 Å². The number of carbonyl (C=O) groups is 1. The molecule has 6 heteroatoms. The summed E-state index contributed by atoms with van der Waals surface area (Å²) in [5, 5.41) is 9.05. The highest BCUT2D eigenvalue weighted by atomic mass is 16.5. The lowest BCUT2D eigenvalue weighted by atomic mass is 9.85. The van der Waals surface area contributed by atoms with Gasteiger partial charge in [0.1, 0.15) is 23.3 Å². The number of benzene rings is 2. The molecule has 0 aliphatic carbocycles. The van der Waals surface area contributed by atoms with Crippen molar-refractivity contribution in [1.29, 1.82) is 0 Å². The van der Waals surface area contributed by atoms with E-state index in [0.717, 1.165) is 11.1 Å². The lowest BCUT2D eigenvalue weighted by Gasteiger charge is -2.23. The molecule has 0 aliphatic rings. The number of para-hydroxylation sites is 1. The van der Waals surface area contributed by atoms with Gasteiger partial charge in [0.15, 0.2) is 0 Å². The Labute approximate surface area is 168 Å². The van der Waals surface area contributed by atoms with Gasteiger partial charge in [-0.3, -0.25) is 9.59 Å². The second-order valence-electron chi connectivity index (χ2n) is 7.88. The summed E-state index contributed by atoms with van der Waals surface area (Å²) in [6, 6.07) is 10.7. The molecule has 0 spiro atoms. The summed E-state index contributed by atoms with van der Waals surface area (Å²) in [6.45, 7) is 8.24. The highest BCUT2D eigenvalue weighted by molar-refractivity contribution is 5.79. The Bertz CT molecular complexity index is 1100. The first-order valence-corrected chi connectivity index (χ1v) is 9.35. The Kier molecular flexibility index (Phi) is 5.64. The summed E-state index contributed by atoms with van der Waals surface area (Å²) in [6.07, 6.45) is 1.19. The van der Waals surface area contributed by atoms with E-state index in [9.17, 15) is 9.59 Å². The van der Waals surface area contributed by atoms with Crippen molar-refractivity contribution >= 4 is 16.9 Å². The molecule has 152 valence electrons. The predicted molar refractivity (Wildman–Crippen MR) is 110 cm³/mol. The van der Waals surface area contributed by atoms with Crippen molar-refractivity contribution in [3.05, 3.63) is 64.0 Å². The third-order valence-corrected chi connectivity index (χ3v) is 4.53. The molecule has 6 nitrogen and oxygen atoms in total. The molecule has 0 bridgehead atoms. The Hall–Kier alpha value is -3.28. The van der Waals surface area contributed by atoms with E-state index in [1.807, 2.05) is 25.1 Å². The molecular weight excluding hydrogens is 372 g/mol. The summed E-state index contributed by atoms with van der Waals surface area (Å²) >= 11 is 0. The number of fused-ring (bicyclic) bond motifs is 1. The number of carboxylic acid groups (broad SMARTS) is 1. The maximum absolute atomic E-state index is 12.9. The van der Waals surface area contributed by atoms with Gasteiger partial charge in [0.25, 0.3) is 0 Å². The van der Waals surface area contributed by atoms with Crippen LogP contribution in [0.2, 0.25) is 0 Å². The van der Waals surface area contributed by atoms with E-state index in [1.54, 1.807) is 18.2 Å². The predicted octanol–water partition coefficient (Wildman–Crippen LogP) is 5.04. The molecule has 3 aromatic rings. The van der Waals surface area contributed by atoms with Gasteiger partial charge in [0.2, 0.25) is 11.2 Å². The van der Waals surface area contributed by atoms with Crippen molar-refractivity contribution in [2.75, 3.05) is 6.61 Å². The van der Waals surface area contributed by atoms with Gasteiger partial charge in [0, 0.05) is 11.6 Å². The molecule has 3 rings (SSSR count). The van der Waals surface area contributed by atoms with Gasteiger partial charge in [-0.25, -0.2) is 0 Å². The van der Waals surface area contributed by atoms with Gasteiger partial charge in [-0.05, 0) is 30.0 Å². The number of aliphatic carboxylic acids is 1. The SMILES string of the molecule is Cc1cccc(C(C)(C)C)c1Oc1coc2cc(OCCC(=O)O)ccc2c1=O. The molecule has 0 saturated carbocycles. The molecule has 0 saturated heterocycles. The van der Waals surface area contributed by atoms with Crippen LogP contribution in [0.4, 0.5) is 0 Å². The third-order valence-electron chi connectivity index (χ3n) is 4.53. The van der Waals surface area contributed by atoms with E-state index >= 15 is 0 Å². The molecule has 2 aromatic carbocycles. The third kappa shape index (κ3) is 4.59. The van der Waals surface area contributed by atoms with Crippen LogP contribution < -0.4 is 14.9 Å². The van der Waals surface area contributed by atoms with Gasteiger partial charge in [-0.15, -0.1) is 0 Å². The van der Waals surface area contributed by atoms with Crippen molar-refractivity contribution in [1.82, 2.24) is 0 Å². The highest BCUT2D eigenvalue weighted by Crippen LogP contribution is 2.36. The highest BCUT2D eigenvalue weighted by Gasteiger charge is 2.22. The summed E-state index contributed by atoms with van der Waals surface area (Å²) in [5.41, 5.74) is 1.83. The van der Waals surface area contributed by atoms with Crippen LogP contribution in [0.5, 0.6) is 17.2 Å². The number of aryl methyl sites for hydroxylation is 1. The lowest BCUT2D eigenvalue weighted by Crippen LogP contribution is -2.14. The molecule has 29 heavy (non-hydrogen) atoms. The van der Waals surface area contributed by atoms with E-state index in [2.05, 4.69) is 20.8 Å². The quantitative estimate of drug-likeness (QED) is 0.628. The number of rotatable bonds is 6. The second kappa shape index (κ2) is 7.99. The largest absolute Gasteiger partial charge is 0.493 e. The van der Waals surface area contributed by atoms with Crippen LogP contribution in [0.3, 0.4) is 0 Å². The Morgan fingerprint density at radius 3 is 2.62 bits per heavy atom. The van der Waals surface area contributed by atoms with Gasteiger partial charge in [-0.2, -0.15) is 0 Å². The molecule has 0 aliphatic heterocycles. The average molecular weight is 396 g/mol. The Morgan fingerprint density at radius 2 is 1.93 bits per heavy atom. The summed E-state index contributed by atoms with van der Waals surface area (Å²) in [5.74, 6) is 0.256. The monoisotopic (exact) mass is 396 g/mol. The van der Waals surface area contributed by atoms with Crippen molar-refractivity contribution in [3.8, 4) is 17.2 Å². The van der Waals surface area contributed by atoms with Gasteiger partial charge in [-0.1, -0.05) is 39.0 Å². The topological polar surface area (TPSA) is 86.0 Å². The van der Waals surface area contributed by atoms with Crippen molar-refractivity contribution in [2.45, 2.75) is 39.5 Å².